The minimum absolute atomic E-state index is 0.0841. The smallest absolute Gasteiger partial charge is 0.161 e. The van der Waals surface area contributed by atoms with Crippen LogP contribution in [0.3, 0.4) is 0 Å². The van der Waals surface area contributed by atoms with Gasteiger partial charge in [0.05, 0.1) is 49.7 Å². The third-order valence-electron chi connectivity index (χ3n) is 5.64. The Hall–Kier alpha value is -2.32. The maximum Gasteiger partial charge on any atom is 0.161 e. The number of halogens is 1. The Kier molecular flexibility index (Phi) is 6.15. The zero-order chi connectivity index (χ0) is 21.3. The summed E-state index contributed by atoms with van der Waals surface area (Å²) < 4.78 is 18.6. The molecular formula is C22H26ClN3O4. The molecule has 0 radical (unpaired) electrons. The molecule has 1 aliphatic heterocycles. The van der Waals surface area contributed by atoms with Crippen molar-refractivity contribution in [3.8, 4) is 11.5 Å². The van der Waals surface area contributed by atoms with Crippen molar-refractivity contribution in [3.63, 3.8) is 0 Å². The highest BCUT2D eigenvalue weighted by molar-refractivity contribution is 6.35. The van der Waals surface area contributed by atoms with Crippen molar-refractivity contribution >= 4 is 22.5 Å². The van der Waals surface area contributed by atoms with E-state index in [2.05, 4.69) is 4.90 Å². The van der Waals surface area contributed by atoms with Gasteiger partial charge in [-0.2, -0.15) is 5.10 Å². The van der Waals surface area contributed by atoms with Gasteiger partial charge in [0.1, 0.15) is 6.10 Å². The second-order valence-electron chi connectivity index (χ2n) is 7.33. The number of rotatable bonds is 6. The SMILES string of the molecule is COc1ccc([C@@H]2[C@@H](CO)OCCN2Cc2nn(C)c3cccc(Cl)c23)cc1OC. The predicted molar refractivity (Wildman–Crippen MR) is 115 cm³/mol. The van der Waals surface area contributed by atoms with Crippen molar-refractivity contribution in [2.75, 3.05) is 34.0 Å². The summed E-state index contributed by atoms with van der Waals surface area (Å²) in [7, 11) is 5.14. The molecule has 1 aromatic heterocycles. The van der Waals surface area contributed by atoms with Gasteiger partial charge in [-0.3, -0.25) is 9.58 Å². The van der Waals surface area contributed by atoms with Crippen LogP contribution >= 0.6 is 11.6 Å². The number of nitrogens with zero attached hydrogens (tertiary/aromatic N) is 3. The van der Waals surface area contributed by atoms with E-state index in [0.717, 1.165) is 22.2 Å². The van der Waals surface area contributed by atoms with E-state index in [1.807, 2.05) is 48.1 Å². The Labute approximate surface area is 180 Å². The lowest BCUT2D eigenvalue weighted by Crippen LogP contribution is -2.46. The molecule has 0 unspecified atom stereocenters. The van der Waals surface area contributed by atoms with Gasteiger partial charge in [0.2, 0.25) is 0 Å². The molecule has 0 amide bonds. The molecule has 0 spiro atoms. The van der Waals surface area contributed by atoms with Gasteiger partial charge in [-0.05, 0) is 29.8 Å². The molecule has 2 heterocycles. The number of ether oxygens (including phenoxy) is 3. The van der Waals surface area contributed by atoms with Crippen molar-refractivity contribution in [3.05, 3.63) is 52.7 Å². The van der Waals surface area contributed by atoms with E-state index in [1.165, 1.54) is 0 Å². The monoisotopic (exact) mass is 431 g/mol. The molecule has 2 aromatic carbocycles. The van der Waals surface area contributed by atoms with Crippen LogP contribution in [0.5, 0.6) is 11.5 Å². The number of aryl methyl sites for hydroxylation is 1. The summed E-state index contributed by atoms with van der Waals surface area (Å²) in [4.78, 5) is 2.27. The normalized spacial score (nSPS) is 19.9. The largest absolute Gasteiger partial charge is 0.493 e. The third kappa shape index (κ3) is 3.74. The maximum atomic E-state index is 10.0. The molecule has 0 bridgehead atoms. The van der Waals surface area contributed by atoms with Crippen LogP contribution in [0.2, 0.25) is 5.02 Å². The van der Waals surface area contributed by atoms with Gasteiger partial charge in [0.25, 0.3) is 0 Å². The van der Waals surface area contributed by atoms with Gasteiger partial charge in [0.15, 0.2) is 11.5 Å². The van der Waals surface area contributed by atoms with Gasteiger partial charge >= 0.3 is 0 Å². The minimum atomic E-state index is -0.359. The van der Waals surface area contributed by atoms with Crippen LogP contribution in [0.25, 0.3) is 10.9 Å². The molecule has 1 aliphatic rings. The zero-order valence-electron chi connectivity index (χ0n) is 17.3. The first kappa shape index (κ1) is 20.9. The van der Waals surface area contributed by atoms with Crippen molar-refractivity contribution in [1.29, 1.82) is 0 Å². The standard InChI is InChI=1S/C22H26ClN3O4/c1-25-17-6-4-5-15(23)21(17)16(24-25)12-26-9-10-30-20(13-27)22(26)14-7-8-18(28-2)19(11-14)29-3/h4-8,11,20,22,27H,9-10,12-13H2,1-3H3/t20-,22-/m1/s1. The summed E-state index contributed by atoms with van der Waals surface area (Å²) in [5.41, 5.74) is 2.88. The molecule has 1 saturated heterocycles. The predicted octanol–water partition coefficient (Wildman–Crippen LogP) is 3.18. The average Bonchev–Trinajstić information content (AvgIpc) is 3.09. The highest BCUT2D eigenvalue weighted by atomic mass is 35.5. The van der Waals surface area contributed by atoms with E-state index >= 15 is 0 Å². The van der Waals surface area contributed by atoms with Gasteiger partial charge in [-0.25, -0.2) is 0 Å². The number of hydrogen-bond acceptors (Lipinski definition) is 6. The van der Waals surface area contributed by atoms with Gasteiger partial charge < -0.3 is 19.3 Å². The first-order chi connectivity index (χ1) is 14.6. The summed E-state index contributed by atoms with van der Waals surface area (Å²) in [6.07, 6.45) is -0.359. The highest BCUT2D eigenvalue weighted by Gasteiger charge is 2.34. The molecule has 1 N–H and O–H groups in total. The summed E-state index contributed by atoms with van der Waals surface area (Å²) in [5, 5.41) is 16.4. The fourth-order valence-electron chi connectivity index (χ4n) is 4.23. The summed E-state index contributed by atoms with van der Waals surface area (Å²) in [5.74, 6) is 1.30. The van der Waals surface area contributed by atoms with Crippen LogP contribution in [0, 0.1) is 0 Å². The number of hydrogen-bond donors (Lipinski definition) is 1. The van der Waals surface area contributed by atoms with Crippen LogP contribution < -0.4 is 9.47 Å². The van der Waals surface area contributed by atoms with Crippen LogP contribution in [0.4, 0.5) is 0 Å². The molecule has 8 heteroatoms. The third-order valence-corrected chi connectivity index (χ3v) is 5.95. The van der Waals surface area contributed by atoms with Crippen molar-refractivity contribution in [1.82, 2.24) is 14.7 Å². The van der Waals surface area contributed by atoms with Gasteiger partial charge in [-0.15, -0.1) is 0 Å². The lowest BCUT2D eigenvalue weighted by atomic mass is 9.97. The minimum Gasteiger partial charge on any atom is -0.493 e. The van der Waals surface area contributed by atoms with E-state index in [0.29, 0.717) is 36.2 Å². The second-order valence-corrected chi connectivity index (χ2v) is 7.73. The lowest BCUT2D eigenvalue weighted by molar-refractivity contribution is -0.0963. The molecule has 7 nitrogen and oxygen atoms in total. The highest BCUT2D eigenvalue weighted by Crippen LogP contribution is 2.37. The quantitative estimate of drug-likeness (QED) is 0.646. The average molecular weight is 432 g/mol. The number of aromatic nitrogens is 2. The molecule has 0 aliphatic carbocycles. The summed E-state index contributed by atoms with van der Waals surface area (Å²) in [6.45, 7) is 1.74. The Morgan fingerprint density at radius 1 is 1.20 bits per heavy atom. The first-order valence-electron chi connectivity index (χ1n) is 9.86. The fourth-order valence-corrected chi connectivity index (χ4v) is 4.51. The molecule has 2 atom stereocenters. The number of benzene rings is 2. The summed E-state index contributed by atoms with van der Waals surface area (Å²) >= 11 is 6.51. The molecule has 160 valence electrons. The number of morpholine rings is 1. The maximum absolute atomic E-state index is 10.0. The van der Waals surface area contributed by atoms with E-state index < -0.39 is 0 Å². The van der Waals surface area contributed by atoms with E-state index in [1.54, 1.807) is 14.2 Å². The molecule has 30 heavy (non-hydrogen) atoms. The number of aliphatic hydroxyl groups is 1. The van der Waals surface area contributed by atoms with E-state index in [4.69, 9.17) is 30.9 Å². The van der Waals surface area contributed by atoms with Crippen molar-refractivity contribution < 1.29 is 19.3 Å². The zero-order valence-corrected chi connectivity index (χ0v) is 18.1. The number of fused-ring (bicyclic) bond motifs is 1. The molecule has 4 rings (SSSR count). The second kappa shape index (κ2) is 8.81. The summed E-state index contributed by atoms with van der Waals surface area (Å²) in [6, 6.07) is 11.5. The van der Waals surface area contributed by atoms with Crippen LogP contribution in [0.15, 0.2) is 36.4 Å². The fraction of sp³-hybridized carbons (Fsp3) is 0.409. The van der Waals surface area contributed by atoms with Crippen LogP contribution in [0.1, 0.15) is 17.3 Å². The molecular weight excluding hydrogens is 406 g/mol. The Balaban J connectivity index is 1.73. The lowest BCUT2D eigenvalue weighted by Gasteiger charge is -2.40. The Morgan fingerprint density at radius 2 is 2.00 bits per heavy atom. The number of aliphatic hydroxyl groups excluding tert-OH is 1. The Bertz CT molecular complexity index is 1040. The topological polar surface area (TPSA) is 69.0 Å². The number of methoxy groups -OCH3 is 2. The van der Waals surface area contributed by atoms with E-state index in [-0.39, 0.29) is 18.8 Å². The Morgan fingerprint density at radius 3 is 2.73 bits per heavy atom. The van der Waals surface area contributed by atoms with Crippen molar-refractivity contribution in [2.24, 2.45) is 7.05 Å². The van der Waals surface area contributed by atoms with Crippen LogP contribution in [-0.2, 0) is 18.3 Å². The molecule has 3 aromatic rings. The first-order valence-corrected chi connectivity index (χ1v) is 10.2. The van der Waals surface area contributed by atoms with E-state index in [9.17, 15) is 5.11 Å². The molecule has 0 saturated carbocycles. The van der Waals surface area contributed by atoms with Crippen LogP contribution in [-0.4, -0.2) is 59.9 Å². The molecule has 1 fully saturated rings. The van der Waals surface area contributed by atoms with Crippen molar-refractivity contribution in [2.45, 2.75) is 18.7 Å². The van der Waals surface area contributed by atoms with Gasteiger partial charge in [0, 0.05) is 25.5 Å². The van der Waals surface area contributed by atoms with Gasteiger partial charge in [-0.1, -0.05) is 23.7 Å².